The van der Waals surface area contributed by atoms with E-state index in [1.165, 1.54) is 0 Å². The lowest BCUT2D eigenvalue weighted by Gasteiger charge is -2.34. The molecule has 186 valence electrons. The predicted molar refractivity (Wildman–Crippen MR) is 141 cm³/mol. The highest BCUT2D eigenvalue weighted by Gasteiger charge is 2.26. The number of aromatic nitrogens is 2. The van der Waals surface area contributed by atoms with E-state index in [4.69, 9.17) is 16.3 Å². The number of morpholine rings is 1. The molecule has 2 N–H and O–H groups in total. The number of benzene rings is 2. The van der Waals surface area contributed by atoms with E-state index in [0.29, 0.717) is 29.7 Å². The van der Waals surface area contributed by atoms with Crippen molar-refractivity contribution in [1.29, 1.82) is 0 Å². The maximum absolute atomic E-state index is 13.1. The number of hydrogen-bond acceptors (Lipinski definition) is 7. The number of fused-ring (bicyclic) bond motifs is 1. The van der Waals surface area contributed by atoms with Gasteiger partial charge >= 0.3 is 0 Å². The van der Waals surface area contributed by atoms with E-state index < -0.39 is 10.0 Å². The summed E-state index contributed by atoms with van der Waals surface area (Å²) in [4.78, 5) is 11.3. The summed E-state index contributed by atoms with van der Waals surface area (Å²) < 4.78 is 34.5. The lowest BCUT2D eigenvalue weighted by Crippen LogP contribution is -2.44. The molecule has 0 aliphatic carbocycles. The second-order valence-electron chi connectivity index (χ2n) is 8.45. The fourth-order valence-electron chi connectivity index (χ4n) is 4.25. The average molecular weight is 524 g/mol. The number of halogens is 1. The third-order valence-corrected chi connectivity index (χ3v) is 7.81. The Morgan fingerprint density at radius 3 is 2.53 bits per heavy atom. The SMILES string of the molecule is O=S(=O)(NCC(c1ccccn1)N1CCOCC1)c1ccc(Nc2nccc3ccc(Cl)cc23)cc1. The Bertz CT molecular complexity index is 1430. The zero-order valence-electron chi connectivity index (χ0n) is 19.5. The molecule has 1 fully saturated rings. The molecule has 0 bridgehead atoms. The van der Waals surface area contributed by atoms with E-state index >= 15 is 0 Å². The Morgan fingerprint density at radius 2 is 1.78 bits per heavy atom. The van der Waals surface area contributed by atoms with Crippen LogP contribution >= 0.6 is 11.6 Å². The zero-order valence-corrected chi connectivity index (χ0v) is 21.0. The van der Waals surface area contributed by atoms with Gasteiger partial charge in [0.15, 0.2) is 0 Å². The van der Waals surface area contributed by atoms with Gasteiger partial charge in [0.25, 0.3) is 0 Å². The van der Waals surface area contributed by atoms with Gasteiger partial charge in [0, 0.05) is 48.1 Å². The molecular weight excluding hydrogens is 498 g/mol. The summed E-state index contributed by atoms with van der Waals surface area (Å²) in [5, 5.41) is 5.76. The maximum atomic E-state index is 13.1. The molecule has 1 aliphatic heterocycles. The minimum Gasteiger partial charge on any atom is -0.379 e. The van der Waals surface area contributed by atoms with Crippen LogP contribution in [0.25, 0.3) is 10.8 Å². The summed E-state index contributed by atoms with van der Waals surface area (Å²) in [5.74, 6) is 0.646. The Kier molecular flexibility index (Phi) is 7.45. The molecule has 5 rings (SSSR count). The molecule has 36 heavy (non-hydrogen) atoms. The lowest BCUT2D eigenvalue weighted by molar-refractivity contribution is 0.0163. The summed E-state index contributed by atoms with van der Waals surface area (Å²) in [6.45, 7) is 2.87. The Balaban J connectivity index is 1.31. The highest BCUT2D eigenvalue weighted by Crippen LogP contribution is 2.27. The van der Waals surface area contributed by atoms with Gasteiger partial charge < -0.3 is 10.1 Å². The maximum Gasteiger partial charge on any atom is 0.240 e. The van der Waals surface area contributed by atoms with Crippen LogP contribution in [0, 0.1) is 0 Å². The fraction of sp³-hybridized carbons (Fsp3) is 0.231. The zero-order chi connectivity index (χ0) is 25.0. The number of nitrogens with one attached hydrogen (secondary N) is 2. The van der Waals surface area contributed by atoms with Crippen molar-refractivity contribution in [3.05, 3.63) is 89.8 Å². The molecule has 0 spiro atoms. The van der Waals surface area contributed by atoms with Crippen molar-refractivity contribution in [2.75, 3.05) is 38.2 Å². The van der Waals surface area contributed by atoms with E-state index in [0.717, 1.165) is 29.6 Å². The van der Waals surface area contributed by atoms with Gasteiger partial charge in [0.2, 0.25) is 10.0 Å². The van der Waals surface area contributed by atoms with Crippen LogP contribution in [-0.4, -0.2) is 56.1 Å². The van der Waals surface area contributed by atoms with Gasteiger partial charge in [-0.25, -0.2) is 18.1 Å². The van der Waals surface area contributed by atoms with Crippen molar-refractivity contribution in [1.82, 2.24) is 19.6 Å². The van der Waals surface area contributed by atoms with E-state index in [1.807, 2.05) is 42.5 Å². The molecule has 2 aromatic carbocycles. The van der Waals surface area contributed by atoms with Gasteiger partial charge in [-0.05, 0) is 60.0 Å². The number of rotatable bonds is 8. The highest BCUT2D eigenvalue weighted by atomic mass is 35.5. The monoisotopic (exact) mass is 523 g/mol. The highest BCUT2D eigenvalue weighted by molar-refractivity contribution is 7.89. The van der Waals surface area contributed by atoms with E-state index in [2.05, 4.69) is 24.9 Å². The molecule has 1 unspecified atom stereocenters. The number of sulfonamides is 1. The van der Waals surface area contributed by atoms with Crippen molar-refractivity contribution >= 4 is 43.9 Å². The normalized spacial score (nSPS) is 15.6. The second kappa shape index (κ2) is 10.9. The van der Waals surface area contributed by atoms with Gasteiger partial charge in [0.1, 0.15) is 5.82 Å². The lowest BCUT2D eigenvalue weighted by atomic mass is 10.1. The number of anilines is 2. The van der Waals surface area contributed by atoms with Crippen LogP contribution in [0.15, 0.2) is 84.0 Å². The Labute approximate surface area is 215 Å². The largest absolute Gasteiger partial charge is 0.379 e. The van der Waals surface area contributed by atoms with Crippen molar-refractivity contribution in [2.45, 2.75) is 10.9 Å². The first-order chi connectivity index (χ1) is 17.5. The van der Waals surface area contributed by atoms with E-state index in [1.54, 1.807) is 36.7 Å². The van der Waals surface area contributed by atoms with Crippen LogP contribution < -0.4 is 10.0 Å². The van der Waals surface area contributed by atoms with Crippen LogP contribution in [0.3, 0.4) is 0 Å². The van der Waals surface area contributed by atoms with Crippen molar-refractivity contribution in [3.8, 4) is 0 Å². The number of pyridine rings is 2. The minimum absolute atomic E-state index is 0.184. The summed E-state index contributed by atoms with van der Waals surface area (Å²) in [5.41, 5.74) is 1.54. The molecule has 2 aromatic heterocycles. The average Bonchev–Trinajstić information content (AvgIpc) is 2.91. The van der Waals surface area contributed by atoms with Gasteiger partial charge in [-0.1, -0.05) is 23.7 Å². The second-order valence-corrected chi connectivity index (χ2v) is 10.6. The molecule has 1 atom stereocenters. The first-order valence-electron chi connectivity index (χ1n) is 11.6. The minimum atomic E-state index is -3.73. The summed E-state index contributed by atoms with van der Waals surface area (Å²) in [6.07, 6.45) is 3.44. The predicted octanol–water partition coefficient (Wildman–Crippen LogP) is 4.38. The first kappa shape index (κ1) is 24.6. The molecule has 0 saturated carbocycles. The fourth-order valence-corrected chi connectivity index (χ4v) is 5.46. The molecule has 1 aliphatic rings. The Hall–Kier alpha value is -3.08. The Morgan fingerprint density at radius 1 is 0.972 bits per heavy atom. The van der Waals surface area contributed by atoms with Crippen LogP contribution in [0.5, 0.6) is 0 Å². The van der Waals surface area contributed by atoms with Crippen LogP contribution in [0.4, 0.5) is 11.5 Å². The van der Waals surface area contributed by atoms with E-state index in [9.17, 15) is 8.42 Å². The first-order valence-corrected chi connectivity index (χ1v) is 13.5. The third-order valence-electron chi connectivity index (χ3n) is 6.14. The van der Waals surface area contributed by atoms with Gasteiger partial charge in [0.05, 0.1) is 29.8 Å². The number of hydrogen-bond donors (Lipinski definition) is 2. The van der Waals surface area contributed by atoms with Crippen LogP contribution in [0.1, 0.15) is 11.7 Å². The molecule has 8 nitrogen and oxygen atoms in total. The van der Waals surface area contributed by atoms with E-state index in [-0.39, 0.29) is 17.5 Å². The molecular formula is C26H26ClN5O3S. The third kappa shape index (κ3) is 5.66. The standard InChI is InChI=1S/C26H26ClN5O3S/c27-20-5-4-19-10-12-29-26(23(19)17-20)31-21-6-8-22(9-7-21)36(33,34)30-18-25(24-3-1-2-11-28-24)32-13-15-35-16-14-32/h1-12,17,25,30H,13-16,18H2,(H,29,31). The quantitative estimate of drug-likeness (QED) is 0.354. The number of ether oxygens (including phenoxy) is 1. The number of nitrogens with zero attached hydrogens (tertiary/aromatic N) is 3. The van der Waals surface area contributed by atoms with Crippen LogP contribution in [0.2, 0.25) is 5.02 Å². The molecule has 0 amide bonds. The topological polar surface area (TPSA) is 96.5 Å². The molecule has 4 aromatic rings. The smallest absolute Gasteiger partial charge is 0.240 e. The summed E-state index contributed by atoms with van der Waals surface area (Å²) >= 11 is 6.16. The van der Waals surface area contributed by atoms with Crippen LogP contribution in [-0.2, 0) is 14.8 Å². The molecule has 1 saturated heterocycles. The molecule has 10 heteroatoms. The van der Waals surface area contributed by atoms with Crippen molar-refractivity contribution < 1.29 is 13.2 Å². The van der Waals surface area contributed by atoms with Crippen molar-refractivity contribution in [3.63, 3.8) is 0 Å². The summed E-state index contributed by atoms with van der Waals surface area (Å²) in [7, 11) is -3.73. The van der Waals surface area contributed by atoms with Gasteiger partial charge in [-0.2, -0.15) is 0 Å². The van der Waals surface area contributed by atoms with Gasteiger partial charge in [-0.3, -0.25) is 9.88 Å². The van der Waals surface area contributed by atoms with Gasteiger partial charge in [-0.15, -0.1) is 0 Å². The van der Waals surface area contributed by atoms with Crippen molar-refractivity contribution in [2.24, 2.45) is 0 Å². The summed E-state index contributed by atoms with van der Waals surface area (Å²) in [6, 6.07) is 19.6. The molecule has 3 heterocycles. The molecule has 0 radical (unpaired) electrons.